The summed E-state index contributed by atoms with van der Waals surface area (Å²) >= 11 is 0. The van der Waals surface area contributed by atoms with E-state index in [0.29, 0.717) is 0 Å². The molecule has 0 unspecified atom stereocenters. The molecule has 0 atom stereocenters. The number of rotatable bonds is 1. The first-order chi connectivity index (χ1) is 6.36. The van der Waals surface area contributed by atoms with Gasteiger partial charge in [0.25, 0.3) is 0 Å². The minimum atomic E-state index is 0.782. The fourth-order valence-corrected chi connectivity index (χ4v) is 0.803. The van der Waals surface area contributed by atoms with E-state index in [4.69, 9.17) is 11.1 Å². The van der Waals surface area contributed by atoms with Crippen LogP contribution in [0.4, 0.5) is 5.69 Å². The predicted molar refractivity (Wildman–Crippen MR) is 46.2 cm³/mol. The zero-order valence-corrected chi connectivity index (χ0v) is 6.78. The number of nitrogens with two attached hydrogens (primary N) is 1. The molecule has 0 heterocycles. The van der Waals surface area contributed by atoms with Gasteiger partial charge in [0.05, 0.1) is 5.22 Å². The van der Waals surface area contributed by atoms with Crippen molar-refractivity contribution in [3.63, 3.8) is 0 Å². The number of nitrogens with one attached hydrogen (secondary N) is 1. The van der Waals surface area contributed by atoms with E-state index in [0.717, 1.165) is 11.3 Å². The van der Waals surface area contributed by atoms with Gasteiger partial charge in [-0.3, -0.25) is 0 Å². The van der Waals surface area contributed by atoms with Crippen LogP contribution in [0.5, 0.6) is 0 Å². The Morgan fingerprint density at radius 3 is 2.54 bits per heavy atom. The summed E-state index contributed by atoms with van der Waals surface area (Å²) in [5.41, 5.74) is 1.56. The van der Waals surface area contributed by atoms with Crippen LogP contribution in [0.1, 0.15) is 5.56 Å². The van der Waals surface area contributed by atoms with Crippen LogP contribution in [0.2, 0.25) is 0 Å². The molecule has 1 rings (SSSR count). The summed E-state index contributed by atoms with van der Waals surface area (Å²) in [7, 11) is 0. The van der Waals surface area contributed by atoms with Crippen molar-refractivity contribution in [3.8, 4) is 17.9 Å². The number of benzene rings is 1. The molecule has 0 radical (unpaired) electrons. The summed E-state index contributed by atoms with van der Waals surface area (Å²) in [6.07, 6.45) is 0. The summed E-state index contributed by atoms with van der Waals surface area (Å²) in [5, 5.41) is 14.0. The van der Waals surface area contributed by atoms with Gasteiger partial charge in [0.15, 0.2) is 6.07 Å². The molecule has 0 saturated heterocycles. The van der Waals surface area contributed by atoms with Gasteiger partial charge in [-0.2, -0.15) is 11.1 Å². The Balaban J connectivity index is 2.88. The van der Waals surface area contributed by atoms with Gasteiger partial charge >= 0.3 is 0 Å². The molecule has 0 saturated carbocycles. The third-order valence-electron chi connectivity index (χ3n) is 1.34. The highest BCUT2D eigenvalue weighted by Gasteiger charge is 1.90. The van der Waals surface area contributed by atoms with Crippen molar-refractivity contribution in [1.29, 1.82) is 5.26 Å². The van der Waals surface area contributed by atoms with E-state index in [2.05, 4.69) is 22.2 Å². The van der Waals surface area contributed by atoms with Crippen LogP contribution in [0, 0.1) is 23.2 Å². The quantitative estimate of drug-likeness (QED) is 0.261. The number of nitriles is 1. The lowest BCUT2D eigenvalue weighted by Gasteiger charge is -1.88. The van der Waals surface area contributed by atoms with Crippen LogP contribution < -0.4 is 11.0 Å². The van der Waals surface area contributed by atoms with Gasteiger partial charge in [0.1, 0.15) is 5.69 Å². The van der Waals surface area contributed by atoms with Crippen LogP contribution in [-0.4, -0.2) is 0 Å². The Hall–Kier alpha value is -2.33. The van der Waals surface area contributed by atoms with E-state index in [1.54, 1.807) is 30.3 Å². The lowest BCUT2D eigenvalue weighted by molar-refractivity contribution is -0.441. The molecular weight excluding hydrogens is 164 g/mol. The van der Waals surface area contributed by atoms with Crippen molar-refractivity contribution in [1.82, 2.24) is 0 Å². The molecule has 4 heteroatoms. The summed E-state index contributed by atoms with van der Waals surface area (Å²) < 4.78 is 0. The Labute approximate surface area is 75.7 Å². The zero-order valence-electron chi connectivity index (χ0n) is 6.78. The maximum Gasteiger partial charge on any atom is 0.152 e. The van der Waals surface area contributed by atoms with Gasteiger partial charge in [-0.1, -0.05) is 5.92 Å². The molecule has 1 aromatic carbocycles. The fourth-order valence-electron chi connectivity index (χ4n) is 0.803. The van der Waals surface area contributed by atoms with Gasteiger partial charge in [-0.05, 0) is 24.3 Å². The second kappa shape index (κ2) is 4.53. The molecule has 0 aliphatic carbocycles. The minimum absolute atomic E-state index is 0.782. The molecule has 3 N–H and O–H groups in total. The lowest BCUT2D eigenvalue weighted by Crippen LogP contribution is -2.58. The van der Waals surface area contributed by atoms with Gasteiger partial charge < -0.3 is 0 Å². The molecule has 0 fully saturated rings. The second-order valence-electron chi connectivity index (χ2n) is 2.18. The van der Waals surface area contributed by atoms with Gasteiger partial charge in [0.2, 0.25) is 0 Å². The SMILES string of the molecule is N#CC#Cc1ccc([NH+]=NN)cc1. The average molecular weight is 171 g/mol. The first-order valence-electron chi connectivity index (χ1n) is 3.53. The van der Waals surface area contributed by atoms with Crippen molar-refractivity contribution in [2.24, 2.45) is 11.1 Å². The van der Waals surface area contributed by atoms with E-state index < -0.39 is 0 Å². The minimum Gasteiger partial charge on any atom is -0.196 e. The molecule has 0 aliphatic heterocycles. The highest BCUT2D eigenvalue weighted by molar-refractivity contribution is 5.42. The smallest absolute Gasteiger partial charge is 0.152 e. The topological polar surface area (TPSA) is 76.1 Å². The highest BCUT2D eigenvalue weighted by Crippen LogP contribution is 2.01. The van der Waals surface area contributed by atoms with Crippen LogP contribution in [0.25, 0.3) is 0 Å². The molecule has 0 aromatic heterocycles. The van der Waals surface area contributed by atoms with Crippen LogP contribution in [0.15, 0.2) is 29.5 Å². The molecule has 1 aromatic rings. The van der Waals surface area contributed by atoms with E-state index in [-0.39, 0.29) is 0 Å². The molecule has 0 bridgehead atoms. The molecule has 0 amide bonds. The Bertz CT molecular complexity index is 400. The van der Waals surface area contributed by atoms with E-state index >= 15 is 0 Å². The van der Waals surface area contributed by atoms with E-state index in [1.165, 1.54) is 0 Å². The normalized spacial score (nSPS) is 8.85. The Morgan fingerprint density at radius 2 is 2.00 bits per heavy atom. The average Bonchev–Trinajstić information content (AvgIpc) is 2.17. The number of nitrogens with zero attached hydrogens (tertiary/aromatic N) is 2. The summed E-state index contributed by atoms with van der Waals surface area (Å²) in [6, 6.07) is 8.84. The van der Waals surface area contributed by atoms with Crippen LogP contribution in [0.3, 0.4) is 0 Å². The maximum absolute atomic E-state index is 8.20. The van der Waals surface area contributed by atoms with Gasteiger partial charge in [-0.15, -0.1) is 5.11 Å². The first kappa shape index (κ1) is 8.76. The lowest BCUT2D eigenvalue weighted by atomic mass is 10.2. The standard InChI is InChI=1S/C9H6N4/c10-7-1-2-8-3-5-9(6-4-8)12-13-11/h3-6H,(H2,11,12)/p+1. The Kier molecular flexibility index (Phi) is 3.05. The Morgan fingerprint density at radius 1 is 1.31 bits per heavy atom. The number of hydrogen-bond donors (Lipinski definition) is 2. The van der Waals surface area contributed by atoms with Crippen molar-refractivity contribution in [2.45, 2.75) is 0 Å². The molecule has 4 nitrogen and oxygen atoms in total. The van der Waals surface area contributed by atoms with Crippen LogP contribution in [-0.2, 0) is 0 Å². The third kappa shape index (κ3) is 2.64. The predicted octanol–water partition coefficient (Wildman–Crippen LogP) is -0.400. The molecule has 0 spiro atoms. The molecular formula is C9H7N4+. The van der Waals surface area contributed by atoms with Crippen molar-refractivity contribution < 1.29 is 5.11 Å². The van der Waals surface area contributed by atoms with Crippen molar-refractivity contribution in [2.75, 3.05) is 0 Å². The fraction of sp³-hybridized carbons (Fsp3) is 0. The van der Waals surface area contributed by atoms with E-state index in [1.807, 2.05) is 0 Å². The second-order valence-corrected chi connectivity index (χ2v) is 2.18. The largest absolute Gasteiger partial charge is 0.196 e. The number of hydrogen-bond acceptors (Lipinski definition) is 2. The summed E-state index contributed by atoms with van der Waals surface area (Å²) in [4.78, 5) is 0. The molecule has 0 aliphatic rings. The molecule has 13 heavy (non-hydrogen) atoms. The van der Waals surface area contributed by atoms with Gasteiger partial charge in [-0.25, -0.2) is 0 Å². The third-order valence-corrected chi connectivity index (χ3v) is 1.34. The van der Waals surface area contributed by atoms with E-state index in [9.17, 15) is 0 Å². The zero-order chi connectivity index (χ0) is 9.52. The highest BCUT2D eigenvalue weighted by atomic mass is 15.3. The van der Waals surface area contributed by atoms with Crippen molar-refractivity contribution >= 4 is 5.69 Å². The summed E-state index contributed by atoms with van der Waals surface area (Å²) in [6.45, 7) is 0. The molecule has 62 valence electrons. The van der Waals surface area contributed by atoms with Crippen LogP contribution >= 0.6 is 0 Å². The monoisotopic (exact) mass is 171 g/mol. The van der Waals surface area contributed by atoms with Gasteiger partial charge in [0, 0.05) is 11.5 Å². The summed E-state index contributed by atoms with van der Waals surface area (Å²) in [5.74, 6) is 9.89. The van der Waals surface area contributed by atoms with Crippen molar-refractivity contribution in [3.05, 3.63) is 29.8 Å². The first-order valence-corrected chi connectivity index (χ1v) is 3.53. The maximum atomic E-state index is 8.20.